The number of aromatic nitrogens is 1. The molecule has 1 aliphatic carbocycles. The highest BCUT2D eigenvalue weighted by Crippen LogP contribution is 2.36. The van der Waals surface area contributed by atoms with Gasteiger partial charge in [-0.15, -0.1) is 0 Å². The van der Waals surface area contributed by atoms with Crippen LogP contribution in [0.1, 0.15) is 71.5 Å². The zero-order chi connectivity index (χ0) is 28.1. The van der Waals surface area contributed by atoms with E-state index in [1.807, 2.05) is 12.1 Å². The van der Waals surface area contributed by atoms with Crippen LogP contribution in [0.25, 0.3) is 0 Å². The Morgan fingerprint density at radius 1 is 1.10 bits per heavy atom. The first-order valence-corrected chi connectivity index (χ1v) is 13.2. The number of halogens is 2. The van der Waals surface area contributed by atoms with E-state index in [0.29, 0.717) is 47.4 Å². The van der Waals surface area contributed by atoms with Gasteiger partial charge in [-0.05, 0) is 67.0 Å². The highest BCUT2D eigenvalue weighted by atomic mass is 35.5. The topological polar surface area (TPSA) is 109 Å². The van der Waals surface area contributed by atoms with E-state index in [4.69, 9.17) is 11.6 Å². The highest BCUT2D eigenvalue weighted by Gasteiger charge is 2.28. The summed E-state index contributed by atoms with van der Waals surface area (Å²) in [7, 11) is 1.59. The van der Waals surface area contributed by atoms with Crippen molar-refractivity contribution < 1.29 is 24.3 Å². The molecule has 1 aromatic heterocycles. The highest BCUT2D eigenvalue weighted by molar-refractivity contribution is 6.31. The quantitative estimate of drug-likeness (QED) is 0.145. The monoisotopic (exact) mass is 552 g/mol. The fourth-order valence-corrected chi connectivity index (χ4v) is 5.57. The Bertz CT molecular complexity index is 1460. The second-order valence-electron chi connectivity index (χ2n) is 10.1. The predicted octanol–water partition coefficient (Wildman–Crippen LogP) is 6.04. The van der Waals surface area contributed by atoms with Gasteiger partial charge >= 0.3 is 5.97 Å². The van der Waals surface area contributed by atoms with Crippen LogP contribution in [-0.2, 0) is 11.8 Å². The number of aryl methyl sites for hydroxylation is 1. The minimum absolute atomic E-state index is 0.00822. The smallest absolute Gasteiger partial charge is 0.306 e. The standard InChI is InChI=1S/C30H30ClFN2O5/c1-34-17-21(11-13-29(34)36)27(33-39)16-24(22-4-2-3-5-25(22)31)20-10-12-23(26(32)15-20)28(35)14-18-6-8-19(9-7-18)30(37)38/h2-5,10-13,15,17-19,24,39H,6-9,14,16H2,1H3,(H,37,38)/b33-27+. The molecule has 0 bridgehead atoms. The van der Waals surface area contributed by atoms with Crippen molar-refractivity contribution >= 4 is 29.1 Å². The third-order valence-electron chi connectivity index (χ3n) is 7.58. The number of aliphatic carboxylic acids is 1. The molecule has 4 rings (SSSR count). The van der Waals surface area contributed by atoms with Crippen molar-refractivity contribution in [2.45, 2.75) is 44.4 Å². The second kappa shape index (κ2) is 12.4. The van der Waals surface area contributed by atoms with Gasteiger partial charge in [0.05, 0.1) is 17.2 Å². The number of nitrogens with zero attached hydrogens (tertiary/aromatic N) is 2. The number of pyridine rings is 1. The Morgan fingerprint density at radius 2 is 1.82 bits per heavy atom. The van der Waals surface area contributed by atoms with Gasteiger partial charge in [0.2, 0.25) is 5.56 Å². The first kappa shape index (κ1) is 28.2. The van der Waals surface area contributed by atoms with Crippen LogP contribution >= 0.6 is 11.6 Å². The van der Waals surface area contributed by atoms with Crippen LogP contribution in [0, 0.1) is 17.7 Å². The molecule has 0 amide bonds. The summed E-state index contributed by atoms with van der Waals surface area (Å²) >= 11 is 6.51. The number of hydrogen-bond acceptors (Lipinski definition) is 5. The number of benzene rings is 2. The molecule has 9 heteroatoms. The number of oxime groups is 1. The average molecular weight is 553 g/mol. The predicted molar refractivity (Wildman–Crippen MR) is 146 cm³/mol. The SMILES string of the molecule is Cn1cc(/C(CC(c2ccc(C(=O)CC3CCC(C(=O)O)CC3)c(F)c2)c2ccccc2Cl)=N/O)ccc1=O. The van der Waals surface area contributed by atoms with Crippen molar-refractivity contribution in [2.75, 3.05) is 0 Å². The molecule has 39 heavy (non-hydrogen) atoms. The summed E-state index contributed by atoms with van der Waals surface area (Å²) in [5.74, 6) is -2.62. The van der Waals surface area contributed by atoms with E-state index in [2.05, 4.69) is 5.16 Å². The maximum absolute atomic E-state index is 15.4. The molecule has 2 N–H and O–H groups in total. The zero-order valence-corrected chi connectivity index (χ0v) is 22.3. The van der Waals surface area contributed by atoms with Gasteiger partial charge in [-0.25, -0.2) is 4.39 Å². The molecule has 0 saturated heterocycles. The molecule has 204 valence electrons. The Hall–Kier alpha value is -3.78. The molecule has 1 atom stereocenters. The summed E-state index contributed by atoms with van der Waals surface area (Å²) in [6, 6.07) is 14.5. The summed E-state index contributed by atoms with van der Waals surface area (Å²) in [5.41, 5.74) is 1.83. The molecule has 1 heterocycles. The summed E-state index contributed by atoms with van der Waals surface area (Å²) in [5, 5.41) is 23.0. The van der Waals surface area contributed by atoms with E-state index in [-0.39, 0.29) is 47.3 Å². The number of carboxylic acids is 1. The van der Waals surface area contributed by atoms with Crippen molar-refractivity contribution in [1.29, 1.82) is 0 Å². The van der Waals surface area contributed by atoms with Crippen LogP contribution in [0.3, 0.4) is 0 Å². The van der Waals surface area contributed by atoms with Gasteiger partial charge in [-0.2, -0.15) is 0 Å². The van der Waals surface area contributed by atoms with Crippen molar-refractivity contribution in [3.05, 3.63) is 104 Å². The van der Waals surface area contributed by atoms with E-state index < -0.39 is 17.7 Å². The second-order valence-corrected chi connectivity index (χ2v) is 10.5. The molecule has 1 saturated carbocycles. The van der Waals surface area contributed by atoms with Crippen molar-refractivity contribution in [1.82, 2.24) is 4.57 Å². The Morgan fingerprint density at radius 3 is 2.44 bits per heavy atom. The number of carbonyl (C=O) groups is 2. The maximum atomic E-state index is 15.4. The number of carbonyl (C=O) groups excluding carboxylic acids is 1. The van der Waals surface area contributed by atoms with E-state index in [1.54, 1.807) is 37.5 Å². The van der Waals surface area contributed by atoms with Crippen LogP contribution in [-0.4, -0.2) is 32.3 Å². The first-order chi connectivity index (χ1) is 18.7. The summed E-state index contributed by atoms with van der Waals surface area (Å²) in [4.78, 5) is 36.0. The molecule has 1 fully saturated rings. The Kier molecular flexibility index (Phi) is 8.97. The van der Waals surface area contributed by atoms with Gasteiger partial charge in [0.15, 0.2) is 5.78 Å². The van der Waals surface area contributed by atoms with Gasteiger partial charge in [0, 0.05) is 48.7 Å². The lowest BCUT2D eigenvalue weighted by atomic mass is 9.79. The molecule has 2 aromatic carbocycles. The summed E-state index contributed by atoms with van der Waals surface area (Å²) in [6.45, 7) is 0. The molecule has 1 aliphatic rings. The van der Waals surface area contributed by atoms with Crippen LogP contribution in [0.2, 0.25) is 5.02 Å². The molecule has 1 unspecified atom stereocenters. The minimum atomic E-state index is -0.805. The summed E-state index contributed by atoms with van der Waals surface area (Å²) in [6.07, 6.45) is 4.20. The van der Waals surface area contributed by atoms with Gasteiger partial charge < -0.3 is 14.9 Å². The summed E-state index contributed by atoms with van der Waals surface area (Å²) < 4.78 is 16.8. The van der Waals surface area contributed by atoms with E-state index in [9.17, 15) is 24.7 Å². The lowest BCUT2D eigenvalue weighted by molar-refractivity contribution is -0.143. The van der Waals surface area contributed by atoms with Gasteiger partial charge in [-0.3, -0.25) is 14.4 Å². The molecular formula is C30H30ClFN2O5. The maximum Gasteiger partial charge on any atom is 0.306 e. The number of Topliss-reactive ketones (excluding diaryl/α,β-unsaturated/α-hetero) is 1. The molecule has 0 spiro atoms. The Labute approximate surface area is 230 Å². The third kappa shape index (κ3) is 6.63. The van der Waals surface area contributed by atoms with E-state index in [1.165, 1.54) is 22.8 Å². The number of rotatable bonds is 9. The van der Waals surface area contributed by atoms with Gasteiger partial charge in [0.25, 0.3) is 0 Å². The lowest BCUT2D eigenvalue weighted by Gasteiger charge is -2.25. The average Bonchev–Trinajstić information content (AvgIpc) is 2.92. The largest absolute Gasteiger partial charge is 0.481 e. The third-order valence-corrected chi connectivity index (χ3v) is 7.93. The van der Waals surface area contributed by atoms with Crippen molar-refractivity contribution in [3.8, 4) is 0 Å². The molecular weight excluding hydrogens is 523 g/mol. The fourth-order valence-electron chi connectivity index (χ4n) is 5.30. The number of hydrogen-bond donors (Lipinski definition) is 2. The lowest BCUT2D eigenvalue weighted by Crippen LogP contribution is -2.23. The van der Waals surface area contributed by atoms with Crippen molar-refractivity contribution in [2.24, 2.45) is 24.0 Å². The molecule has 3 aromatic rings. The molecule has 0 aliphatic heterocycles. The van der Waals surface area contributed by atoms with Gasteiger partial charge in [-0.1, -0.05) is 41.0 Å². The van der Waals surface area contributed by atoms with Crippen LogP contribution < -0.4 is 5.56 Å². The normalized spacial score (nSPS) is 18.5. The minimum Gasteiger partial charge on any atom is -0.481 e. The Balaban J connectivity index is 1.60. The van der Waals surface area contributed by atoms with Crippen LogP contribution in [0.5, 0.6) is 0 Å². The fraction of sp³-hybridized carbons (Fsp3) is 0.333. The van der Waals surface area contributed by atoms with E-state index in [0.717, 1.165) is 0 Å². The zero-order valence-electron chi connectivity index (χ0n) is 21.5. The van der Waals surface area contributed by atoms with E-state index >= 15 is 4.39 Å². The molecule has 0 radical (unpaired) electrons. The number of carboxylic acid groups (broad SMARTS) is 1. The molecule has 7 nitrogen and oxygen atoms in total. The van der Waals surface area contributed by atoms with Gasteiger partial charge in [0.1, 0.15) is 5.82 Å². The van der Waals surface area contributed by atoms with Crippen LogP contribution in [0.4, 0.5) is 4.39 Å². The van der Waals surface area contributed by atoms with Crippen LogP contribution in [0.15, 0.2) is 70.7 Å². The number of ketones is 1. The first-order valence-electron chi connectivity index (χ1n) is 12.9. The van der Waals surface area contributed by atoms with Crippen molar-refractivity contribution in [3.63, 3.8) is 0 Å².